The van der Waals surface area contributed by atoms with Crippen molar-refractivity contribution in [3.8, 4) is 0 Å². The normalized spacial score (nSPS) is 17.3. The van der Waals surface area contributed by atoms with Crippen LogP contribution >= 0.6 is 0 Å². The van der Waals surface area contributed by atoms with E-state index in [2.05, 4.69) is 36.2 Å². The quantitative estimate of drug-likeness (QED) is 0.874. The van der Waals surface area contributed by atoms with Crippen LogP contribution in [0.3, 0.4) is 0 Å². The lowest BCUT2D eigenvalue weighted by molar-refractivity contribution is 0.0790. The Labute approximate surface area is 137 Å². The Kier molecular flexibility index (Phi) is 4.33. The van der Waals surface area contributed by atoms with Gasteiger partial charge < -0.3 is 9.80 Å². The van der Waals surface area contributed by atoms with Crippen molar-refractivity contribution in [2.45, 2.75) is 19.3 Å². The summed E-state index contributed by atoms with van der Waals surface area (Å²) in [5.41, 5.74) is 3.39. The standard InChI is InChI=1S/C19H23N3O/c1-14-6-4-5-7-17(14)16-9-11-22(13-16)19(23)15-8-10-20-18(12-15)21(2)3/h4-8,10,12,16H,9,11,13H2,1-3H3/t16-/m1/s1. The Morgan fingerprint density at radius 2 is 2.04 bits per heavy atom. The molecule has 0 saturated carbocycles. The molecule has 1 aromatic carbocycles. The van der Waals surface area contributed by atoms with Gasteiger partial charge in [0.05, 0.1) is 0 Å². The molecular weight excluding hydrogens is 286 g/mol. The number of amides is 1. The molecule has 1 amide bonds. The summed E-state index contributed by atoms with van der Waals surface area (Å²) in [7, 11) is 3.86. The highest BCUT2D eigenvalue weighted by Crippen LogP contribution is 2.30. The Bertz CT molecular complexity index is 711. The molecule has 120 valence electrons. The Balaban J connectivity index is 1.75. The van der Waals surface area contributed by atoms with Crippen molar-refractivity contribution in [2.75, 3.05) is 32.1 Å². The highest BCUT2D eigenvalue weighted by Gasteiger charge is 2.28. The second-order valence-corrected chi connectivity index (χ2v) is 6.39. The van der Waals surface area contributed by atoms with Crippen molar-refractivity contribution in [1.29, 1.82) is 0 Å². The number of aromatic nitrogens is 1. The van der Waals surface area contributed by atoms with E-state index in [-0.39, 0.29) is 5.91 Å². The van der Waals surface area contributed by atoms with Crippen LogP contribution < -0.4 is 4.90 Å². The molecule has 1 saturated heterocycles. The molecule has 4 heteroatoms. The van der Waals surface area contributed by atoms with Crippen molar-refractivity contribution in [3.63, 3.8) is 0 Å². The van der Waals surface area contributed by atoms with E-state index in [1.807, 2.05) is 30.0 Å². The first-order chi connectivity index (χ1) is 11.1. The van der Waals surface area contributed by atoms with Crippen molar-refractivity contribution in [1.82, 2.24) is 9.88 Å². The number of hydrogen-bond acceptors (Lipinski definition) is 3. The maximum absolute atomic E-state index is 12.8. The van der Waals surface area contributed by atoms with E-state index in [1.165, 1.54) is 11.1 Å². The molecule has 1 aliphatic heterocycles. The molecule has 0 spiro atoms. The lowest BCUT2D eigenvalue weighted by Gasteiger charge is -2.19. The number of aryl methyl sites for hydroxylation is 1. The van der Waals surface area contributed by atoms with Gasteiger partial charge >= 0.3 is 0 Å². The van der Waals surface area contributed by atoms with Gasteiger partial charge in [-0.15, -0.1) is 0 Å². The van der Waals surface area contributed by atoms with E-state index in [4.69, 9.17) is 0 Å². The largest absolute Gasteiger partial charge is 0.363 e. The van der Waals surface area contributed by atoms with Crippen LogP contribution in [0.15, 0.2) is 42.6 Å². The van der Waals surface area contributed by atoms with Gasteiger partial charge in [-0.25, -0.2) is 4.98 Å². The Hall–Kier alpha value is -2.36. The number of anilines is 1. The number of carbonyl (C=O) groups is 1. The lowest BCUT2D eigenvalue weighted by Crippen LogP contribution is -2.28. The van der Waals surface area contributed by atoms with Gasteiger partial charge in [-0.05, 0) is 36.6 Å². The predicted molar refractivity (Wildman–Crippen MR) is 93.0 cm³/mol. The van der Waals surface area contributed by atoms with E-state index in [9.17, 15) is 4.79 Å². The van der Waals surface area contributed by atoms with Crippen LogP contribution in [0, 0.1) is 6.92 Å². The van der Waals surface area contributed by atoms with Gasteiger partial charge in [-0.2, -0.15) is 0 Å². The molecule has 0 unspecified atom stereocenters. The van der Waals surface area contributed by atoms with Crippen molar-refractivity contribution >= 4 is 11.7 Å². The summed E-state index contributed by atoms with van der Waals surface area (Å²) >= 11 is 0. The van der Waals surface area contributed by atoms with E-state index in [1.54, 1.807) is 12.3 Å². The predicted octanol–water partition coefficient (Wildman–Crippen LogP) is 3.09. The van der Waals surface area contributed by atoms with Crippen LogP contribution in [0.4, 0.5) is 5.82 Å². The molecule has 23 heavy (non-hydrogen) atoms. The summed E-state index contributed by atoms with van der Waals surface area (Å²) in [5, 5.41) is 0. The maximum atomic E-state index is 12.8. The average molecular weight is 309 g/mol. The van der Waals surface area contributed by atoms with Crippen LogP contribution in [-0.4, -0.2) is 43.0 Å². The van der Waals surface area contributed by atoms with Crippen LogP contribution in [0.1, 0.15) is 33.8 Å². The minimum Gasteiger partial charge on any atom is -0.363 e. The molecule has 0 aliphatic carbocycles. The van der Waals surface area contributed by atoms with E-state index < -0.39 is 0 Å². The number of carbonyl (C=O) groups excluding carboxylic acids is 1. The number of nitrogens with zero attached hydrogens (tertiary/aromatic N) is 3. The lowest BCUT2D eigenvalue weighted by atomic mass is 9.94. The molecular formula is C19H23N3O. The van der Waals surface area contributed by atoms with E-state index in [0.717, 1.165) is 25.3 Å². The summed E-state index contributed by atoms with van der Waals surface area (Å²) in [6.07, 6.45) is 2.74. The van der Waals surface area contributed by atoms with Crippen molar-refractivity contribution < 1.29 is 4.79 Å². The van der Waals surface area contributed by atoms with Crippen LogP contribution in [0.2, 0.25) is 0 Å². The smallest absolute Gasteiger partial charge is 0.254 e. The first-order valence-corrected chi connectivity index (χ1v) is 8.04. The van der Waals surface area contributed by atoms with E-state index >= 15 is 0 Å². The first-order valence-electron chi connectivity index (χ1n) is 8.04. The zero-order chi connectivity index (χ0) is 16.4. The monoisotopic (exact) mass is 309 g/mol. The third kappa shape index (κ3) is 3.21. The average Bonchev–Trinajstić information content (AvgIpc) is 3.04. The van der Waals surface area contributed by atoms with Crippen molar-refractivity contribution in [2.24, 2.45) is 0 Å². The van der Waals surface area contributed by atoms with Crippen molar-refractivity contribution in [3.05, 3.63) is 59.3 Å². The molecule has 4 nitrogen and oxygen atoms in total. The molecule has 2 aromatic rings. The van der Waals surface area contributed by atoms with Gasteiger partial charge in [0.1, 0.15) is 5.82 Å². The topological polar surface area (TPSA) is 36.4 Å². The summed E-state index contributed by atoms with van der Waals surface area (Å²) in [6, 6.07) is 12.1. The first kappa shape index (κ1) is 15.5. The van der Waals surface area contributed by atoms with Crippen LogP contribution in [0.5, 0.6) is 0 Å². The molecule has 1 aromatic heterocycles. The zero-order valence-corrected chi connectivity index (χ0v) is 14.0. The number of benzene rings is 1. The fourth-order valence-corrected chi connectivity index (χ4v) is 3.22. The Morgan fingerprint density at radius 1 is 1.26 bits per heavy atom. The van der Waals surface area contributed by atoms with Crippen LogP contribution in [0.25, 0.3) is 0 Å². The second-order valence-electron chi connectivity index (χ2n) is 6.39. The Morgan fingerprint density at radius 3 is 2.78 bits per heavy atom. The third-order valence-electron chi connectivity index (χ3n) is 4.55. The summed E-state index contributed by atoms with van der Waals surface area (Å²) in [5.74, 6) is 1.35. The number of hydrogen-bond donors (Lipinski definition) is 0. The summed E-state index contributed by atoms with van der Waals surface area (Å²) < 4.78 is 0. The van der Waals surface area contributed by atoms with Gasteiger partial charge in [0.25, 0.3) is 5.91 Å². The van der Waals surface area contributed by atoms with Crippen LogP contribution in [-0.2, 0) is 0 Å². The second kappa shape index (κ2) is 6.41. The minimum atomic E-state index is 0.103. The summed E-state index contributed by atoms with van der Waals surface area (Å²) in [4.78, 5) is 20.9. The number of pyridine rings is 1. The summed E-state index contributed by atoms with van der Waals surface area (Å²) in [6.45, 7) is 3.76. The van der Waals surface area contributed by atoms with Gasteiger partial charge in [0.2, 0.25) is 0 Å². The molecule has 1 fully saturated rings. The minimum absolute atomic E-state index is 0.103. The maximum Gasteiger partial charge on any atom is 0.254 e. The molecule has 3 rings (SSSR count). The highest BCUT2D eigenvalue weighted by atomic mass is 16.2. The number of rotatable bonds is 3. The zero-order valence-electron chi connectivity index (χ0n) is 14.0. The van der Waals surface area contributed by atoms with Gasteiger partial charge in [-0.1, -0.05) is 24.3 Å². The molecule has 0 bridgehead atoms. The molecule has 1 atom stereocenters. The van der Waals surface area contributed by atoms with Gasteiger partial charge in [0.15, 0.2) is 0 Å². The fourth-order valence-electron chi connectivity index (χ4n) is 3.22. The molecule has 2 heterocycles. The van der Waals surface area contributed by atoms with E-state index in [0.29, 0.717) is 11.5 Å². The molecule has 0 N–H and O–H groups in total. The number of likely N-dealkylation sites (tertiary alicyclic amines) is 1. The SMILES string of the molecule is Cc1ccccc1[C@@H]1CCN(C(=O)c2ccnc(N(C)C)c2)C1. The molecule has 1 aliphatic rings. The third-order valence-corrected chi connectivity index (χ3v) is 4.55. The molecule has 0 radical (unpaired) electrons. The highest BCUT2D eigenvalue weighted by molar-refractivity contribution is 5.95. The van der Waals surface area contributed by atoms with Gasteiger partial charge in [-0.3, -0.25) is 4.79 Å². The van der Waals surface area contributed by atoms with Gasteiger partial charge in [0, 0.05) is 44.9 Å². The fraction of sp³-hybridized carbons (Fsp3) is 0.368.